The molecule has 1 N–H and O–H groups in total. The summed E-state index contributed by atoms with van der Waals surface area (Å²) in [5, 5.41) is 10.0. The number of rotatable bonds is 1. The molecule has 0 atom stereocenters. The second-order valence-corrected chi connectivity index (χ2v) is 6.22. The van der Waals surface area contributed by atoms with Crippen molar-refractivity contribution in [1.29, 1.82) is 0 Å². The number of pyridine rings is 1. The van der Waals surface area contributed by atoms with Crippen molar-refractivity contribution < 1.29 is 19.2 Å². The van der Waals surface area contributed by atoms with Crippen molar-refractivity contribution in [1.82, 2.24) is 9.55 Å². The van der Waals surface area contributed by atoms with Crippen molar-refractivity contribution in [2.45, 2.75) is 38.9 Å². The van der Waals surface area contributed by atoms with Gasteiger partial charge in [-0.3, -0.25) is 9.55 Å². The molecule has 0 amide bonds. The van der Waals surface area contributed by atoms with Crippen LogP contribution in [0.4, 0.5) is 4.79 Å². The molecule has 0 spiro atoms. The van der Waals surface area contributed by atoms with Crippen molar-refractivity contribution >= 4 is 29.6 Å². The number of nitrogens with zero attached hydrogens (tertiary/aromatic N) is 2. The quantitative estimate of drug-likeness (QED) is 0.811. The largest absolute Gasteiger partial charge is 0.497 e. The van der Waals surface area contributed by atoms with Gasteiger partial charge in [-0.15, -0.1) is 0 Å². The monoisotopic (exact) mass is 288 g/mol. The van der Waals surface area contributed by atoms with E-state index in [-0.39, 0.29) is 0 Å². The van der Waals surface area contributed by atoms with Crippen LogP contribution >= 0.6 is 0 Å². The number of hydrogen-bond acceptors (Lipinski definition) is 4. The first-order valence-electron chi connectivity index (χ1n) is 6.77. The predicted octanol–water partition coefficient (Wildman–Crippen LogP) is 1.86. The smallest absolute Gasteiger partial charge is 0.464 e. The molecule has 21 heavy (non-hydrogen) atoms. The van der Waals surface area contributed by atoms with Crippen LogP contribution in [-0.2, 0) is 9.31 Å². The summed E-state index contributed by atoms with van der Waals surface area (Å²) in [4.78, 5) is 15.4. The van der Waals surface area contributed by atoms with Gasteiger partial charge in [0, 0.05) is 29.4 Å². The van der Waals surface area contributed by atoms with E-state index in [9.17, 15) is 9.90 Å². The number of aromatic nitrogens is 2. The third-order valence-corrected chi connectivity index (χ3v) is 4.35. The Balaban J connectivity index is 2.13. The second-order valence-electron chi connectivity index (χ2n) is 6.22. The van der Waals surface area contributed by atoms with E-state index in [2.05, 4.69) is 4.98 Å². The molecule has 0 unspecified atom stereocenters. The van der Waals surface area contributed by atoms with E-state index in [4.69, 9.17) is 9.31 Å². The van der Waals surface area contributed by atoms with E-state index in [1.165, 1.54) is 6.20 Å². The van der Waals surface area contributed by atoms with Gasteiger partial charge in [-0.1, -0.05) is 0 Å². The molecule has 0 saturated carbocycles. The third kappa shape index (κ3) is 2.04. The first-order chi connectivity index (χ1) is 9.73. The van der Waals surface area contributed by atoms with Crippen LogP contribution in [0.3, 0.4) is 0 Å². The van der Waals surface area contributed by atoms with E-state index < -0.39 is 24.4 Å². The molecule has 2 aromatic heterocycles. The number of fused-ring (bicyclic) bond motifs is 1. The van der Waals surface area contributed by atoms with E-state index in [1.54, 1.807) is 18.5 Å². The minimum Gasteiger partial charge on any atom is -0.464 e. The van der Waals surface area contributed by atoms with Gasteiger partial charge in [0.2, 0.25) is 0 Å². The molecule has 0 aliphatic carbocycles. The third-order valence-electron chi connectivity index (χ3n) is 4.35. The summed E-state index contributed by atoms with van der Waals surface area (Å²) in [5.41, 5.74) is 0.302. The zero-order valence-electron chi connectivity index (χ0n) is 12.5. The van der Waals surface area contributed by atoms with Gasteiger partial charge >= 0.3 is 13.2 Å². The highest BCUT2D eigenvalue weighted by Gasteiger charge is 2.52. The molecule has 0 bridgehead atoms. The van der Waals surface area contributed by atoms with E-state index >= 15 is 0 Å². The van der Waals surface area contributed by atoms with Crippen molar-refractivity contribution in [3.05, 3.63) is 24.7 Å². The molecule has 0 aromatic carbocycles. The van der Waals surface area contributed by atoms with Crippen molar-refractivity contribution in [2.75, 3.05) is 0 Å². The Kier molecular flexibility index (Phi) is 2.90. The summed E-state index contributed by atoms with van der Waals surface area (Å²) in [6.07, 6.45) is 3.69. The fourth-order valence-corrected chi connectivity index (χ4v) is 2.41. The zero-order chi connectivity index (χ0) is 15.4. The van der Waals surface area contributed by atoms with Gasteiger partial charge in [0.1, 0.15) is 0 Å². The molecule has 1 saturated heterocycles. The first-order valence-corrected chi connectivity index (χ1v) is 6.77. The molecule has 110 valence electrons. The Hall–Kier alpha value is -1.86. The molecular weight excluding hydrogens is 271 g/mol. The summed E-state index contributed by atoms with van der Waals surface area (Å²) in [7, 11) is -0.609. The van der Waals surface area contributed by atoms with Crippen LogP contribution in [0.15, 0.2) is 24.7 Å². The Labute approximate surface area is 122 Å². The fraction of sp³-hybridized carbons (Fsp3) is 0.429. The van der Waals surface area contributed by atoms with E-state index in [1.807, 2.05) is 27.7 Å². The van der Waals surface area contributed by atoms with Gasteiger partial charge in [0.15, 0.2) is 0 Å². The minimum absolute atomic E-state index is 0.475. The van der Waals surface area contributed by atoms with E-state index in [0.29, 0.717) is 11.0 Å². The normalized spacial score (nSPS) is 20.1. The van der Waals surface area contributed by atoms with Crippen molar-refractivity contribution in [3.8, 4) is 0 Å². The molecule has 3 heterocycles. The van der Waals surface area contributed by atoms with Crippen LogP contribution in [0.25, 0.3) is 10.9 Å². The van der Waals surface area contributed by atoms with Gasteiger partial charge < -0.3 is 14.4 Å². The molecule has 7 heteroatoms. The van der Waals surface area contributed by atoms with Gasteiger partial charge in [0.25, 0.3) is 0 Å². The zero-order valence-corrected chi connectivity index (χ0v) is 12.5. The average molecular weight is 288 g/mol. The van der Waals surface area contributed by atoms with Crippen LogP contribution in [0.5, 0.6) is 0 Å². The predicted molar refractivity (Wildman–Crippen MR) is 78.9 cm³/mol. The van der Waals surface area contributed by atoms with Crippen LogP contribution in [-0.4, -0.2) is 39.1 Å². The van der Waals surface area contributed by atoms with E-state index in [0.717, 1.165) is 9.95 Å². The number of carbonyl (C=O) groups is 1. The summed E-state index contributed by atoms with van der Waals surface area (Å²) < 4.78 is 13.2. The fourth-order valence-electron chi connectivity index (χ4n) is 2.41. The lowest BCUT2D eigenvalue weighted by Crippen LogP contribution is -2.41. The molecule has 6 nitrogen and oxygen atoms in total. The Bertz CT molecular complexity index is 707. The SMILES string of the molecule is CC1(C)OB(c2cn(C(=O)O)c3ccncc23)OC1(C)C. The maximum atomic E-state index is 11.4. The van der Waals surface area contributed by atoms with Crippen LogP contribution < -0.4 is 5.46 Å². The highest BCUT2D eigenvalue weighted by atomic mass is 16.7. The summed E-state index contributed by atoms with van der Waals surface area (Å²) in [5.74, 6) is 0. The van der Waals surface area contributed by atoms with Gasteiger partial charge in [-0.05, 0) is 33.8 Å². The summed E-state index contributed by atoms with van der Waals surface area (Å²) in [6, 6.07) is 1.66. The Morgan fingerprint density at radius 2 is 1.90 bits per heavy atom. The van der Waals surface area contributed by atoms with Gasteiger partial charge in [0.05, 0.1) is 16.7 Å². The highest BCUT2D eigenvalue weighted by molar-refractivity contribution is 6.65. The molecule has 1 aliphatic rings. The minimum atomic E-state index is -1.05. The lowest BCUT2D eigenvalue weighted by atomic mass is 9.79. The van der Waals surface area contributed by atoms with Crippen LogP contribution in [0, 0.1) is 0 Å². The van der Waals surface area contributed by atoms with Crippen molar-refractivity contribution in [3.63, 3.8) is 0 Å². The lowest BCUT2D eigenvalue weighted by molar-refractivity contribution is 0.00578. The average Bonchev–Trinajstić information content (AvgIpc) is 2.85. The maximum Gasteiger partial charge on any atom is 0.497 e. The molecule has 2 aromatic rings. The summed E-state index contributed by atoms with van der Waals surface area (Å²) >= 11 is 0. The molecule has 1 fully saturated rings. The lowest BCUT2D eigenvalue weighted by Gasteiger charge is -2.32. The molecule has 0 radical (unpaired) electrons. The Morgan fingerprint density at radius 3 is 2.48 bits per heavy atom. The number of carboxylic acid groups (broad SMARTS) is 1. The van der Waals surface area contributed by atoms with Crippen LogP contribution in [0.1, 0.15) is 27.7 Å². The van der Waals surface area contributed by atoms with Gasteiger partial charge in [-0.25, -0.2) is 4.79 Å². The second kappa shape index (κ2) is 4.32. The van der Waals surface area contributed by atoms with Crippen LogP contribution in [0.2, 0.25) is 0 Å². The summed E-state index contributed by atoms with van der Waals surface area (Å²) in [6.45, 7) is 7.84. The number of hydrogen-bond donors (Lipinski definition) is 1. The maximum absolute atomic E-state index is 11.4. The molecular formula is C14H17BN2O4. The van der Waals surface area contributed by atoms with Crippen molar-refractivity contribution in [2.24, 2.45) is 0 Å². The standard InChI is InChI=1S/C14H17BN2O4/c1-13(2)14(3,4)21-15(20-13)10-8-17(12(18)19)11-5-6-16-7-9(10)11/h5-8H,1-4H3,(H,18,19). The Morgan fingerprint density at radius 1 is 1.29 bits per heavy atom. The van der Waals surface area contributed by atoms with Gasteiger partial charge in [-0.2, -0.15) is 0 Å². The molecule has 1 aliphatic heterocycles. The topological polar surface area (TPSA) is 73.6 Å². The molecule has 3 rings (SSSR count). The highest BCUT2D eigenvalue weighted by Crippen LogP contribution is 2.37. The first kappa shape index (κ1) is 14.1.